The summed E-state index contributed by atoms with van der Waals surface area (Å²) in [6.45, 7) is 0. The minimum atomic E-state index is -0.0475. The first-order valence-electron chi connectivity index (χ1n) is 3.81. The first-order chi connectivity index (χ1) is 4.43. The van der Waals surface area contributed by atoms with E-state index in [0.717, 1.165) is 0 Å². The molecule has 2 heteroatoms. The maximum atomic E-state index is 10.5. The van der Waals surface area contributed by atoms with E-state index in [9.17, 15) is 4.57 Å². The molecule has 0 amide bonds. The van der Waals surface area contributed by atoms with Crippen LogP contribution in [-0.2, 0) is 4.57 Å². The number of hydrogen-bond acceptors (Lipinski definition) is 1. The molecule has 1 saturated carbocycles. The van der Waals surface area contributed by atoms with Gasteiger partial charge in [0, 0.05) is 5.66 Å². The standard InChI is InChI=1S/C7H14OP/c8-9-7-5-3-1-2-4-6-7/h7,9H,1-6H2. The van der Waals surface area contributed by atoms with Crippen LogP contribution in [0.15, 0.2) is 0 Å². The van der Waals surface area contributed by atoms with Crippen molar-refractivity contribution in [3.8, 4) is 0 Å². The molecule has 1 nitrogen and oxygen atoms in total. The van der Waals surface area contributed by atoms with Crippen molar-refractivity contribution in [1.82, 2.24) is 0 Å². The molecule has 0 aromatic heterocycles. The predicted octanol–water partition coefficient (Wildman–Crippen LogP) is 2.73. The molecule has 53 valence electrons. The molecule has 1 aliphatic carbocycles. The third-order valence-corrected chi connectivity index (χ3v) is 2.93. The zero-order valence-electron chi connectivity index (χ0n) is 5.73. The fourth-order valence-electron chi connectivity index (χ4n) is 1.40. The van der Waals surface area contributed by atoms with Gasteiger partial charge in [-0.3, -0.25) is 4.57 Å². The second-order valence-corrected chi connectivity index (χ2v) is 3.86. The summed E-state index contributed by atoms with van der Waals surface area (Å²) in [6.07, 6.45) is 7.76. The van der Waals surface area contributed by atoms with E-state index in [1.54, 1.807) is 0 Å². The van der Waals surface area contributed by atoms with E-state index >= 15 is 0 Å². The molecule has 0 heterocycles. The molecule has 0 bridgehead atoms. The smallest absolute Gasteiger partial charge is 0.0612 e. The quantitative estimate of drug-likeness (QED) is 0.409. The molecule has 0 aliphatic heterocycles. The molecule has 1 atom stereocenters. The van der Waals surface area contributed by atoms with Crippen LogP contribution in [0.4, 0.5) is 0 Å². The fourth-order valence-corrected chi connectivity index (χ4v) is 2.04. The minimum absolute atomic E-state index is 0.0475. The molecule has 0 saturated heterocycles. The molecule has 1 radical (unpaired) electrons. The monoisotopic (exact) mass is 145 g/mol. The van der Waals surface area contributed by atoms with E-state index in [1.807, 2.05) is 0 Å². The topological polar surface area (TPSA) is 17.1 Å². The third-order valence-electron chi connectivity index (χ3n) is 2.02. The van der Waals surface area contributed by atoms with E-state index in [1.165, 1.54) is 38.5 Å². The Kier molecular flexibility index (Phi) is 3.21. The van der Waals surface area contributed by atoms with Gasteiger partial charge < -0.3 is 0 Å². The molecule has 1 aliphatic rings. The summed E-state index contributed by atoms with van der Waals surface area (Å²) in [5.41, 5.74) is 0.549. The van der Waals surface area contributed by atoms with Crippen LogP contribution >= 0.6 is 8.46 Å². The summed E-state index contributed by atoms with van der Waals surface area (Å²) in [6, 6.07) is 0. The van der Waals surface area contributed by atoms with Gasteiger partial charge in [-0.1, -0.05) is 25.7 Å². The maximum absolute atomic E-state index is 10.5. The van der Waals surface area contributed by atoms with Crippen LogP contribution in [0.5, 0.6) is 0 Å². The Bertz CT molecular complexity index is 84.9. The predicted molar refractivity (Wildman–Crippen MR) is 40.5 cm³/mol. The average Bonchev–Trinajstić information content (AvgIpc) is 2.13. The third kappa shape index (κ3) is 2.45. The highest BCUT2D eigenvalue weighted by atomic mass is 31.1. The Labute approximate surface area is 58.0 Å². The first kappa shape index (κ1) is 7.21. The SMILES string of the molecule is O=[PH]C1CCCCCC1. The molecule has 1 rings (SSSR count). The van der Waals surface area contributed by atoms with Crippen molar-refractivity contribution < 1.29 is 4.57 Å². The van der Waals surface area contributed by atoms with Gasteiger partial charge in [0.15, 0.2) is 0 Å². The minimum Gasteiger partial charge on any atom is -0.290 e. The zero-order chi connectivity index (χ0) is 6.53. The largest absolute Gasteiger partial charge is 0.290 e. The summed E-state index contributed by atoms with van der Waals surface area (Å²) in [5, 5.41) is 0. The van der Waals surface area contributed by atoms with E-state index in [-0.39, 0.29) is 8.46 Å². The molecule has 0 N–H and O–H groups in total. The van der Waals surface area contributed by atoms with E-state index in [0.29, 0.717) is 5.66 Å². The van der Waals surface area contributed by atoms with Crippen LogP contribution in [0.25, 0.3) is 0 Å². The Morgan fingerprint density at radius 1 is 1.00 bits per heavy atom. The van der Waals surface area contributed by atoms with Crippen LogP contribution in [0, 0.1) is 0 Å². The Morgan fingerprint density at radius 2 is 1.56 bits per heavy atom. The van der Waals surface area contributed by atoms with Gasteiger partial charge in [0.2, 0.25) is 0 Å². The second-order valence-electron chi connectivity index (χ2n) is 2.81. The van der Waals surface area contributed by atoms with Crippen LogP contribution in [0.1, 0.15) is 38.5 Å². The summed E-state index contributed by atoms with van der Waals surface area (Å²) in [4.78, 5) is 0. The molecule has 1 fully saturated rings. The Balaban J connectivity index is 2.26. The van der Waals surface area contributed by atoms with Crippen molar-refractivity contribution >= 4 is 8.46 Å². The van der Waals surface area contributed by atoms with Crippen molar-refractivity contribution in [2.24, 2.45) is 0 Å². The van der Waals surface area contributed by atoms with E-state index in [2.05, 4.69) is 0 Å². The lowest BCUT2D eigenvalue weighted by Crippen LogP contribution is -1.93. The van der Waals surface area contributed by atoms with Gasteiger partial charge in [-0.25, -0.2) is 0 Å². The first-order valence-corrected chi connectivity index (χ1v) is 4.79. The van der Waals surface area contributed by atoms with Gasteiger partial charge in [0.05, 0.1) is 8.46 Å². The van der Waals surface area contributed by atoms with Gasteiger partial charge in [-0.2, -0.15) is 0 Å². The fraction of sp³-hybridized carbons (Fsp3) is 1.00. The molecule has 0 aromatic carbocycles. The molecule has 9 heavy (non-hydrogen) atoms. The highest BCUT2D eigenvalue weighted by molar-refractivity contribution is 7.24. The van der Waals surface area contributed by atoms with Crippen molar-refractivity contribution in [2.75, 3.05) is 0 Å². The lowest BCUT2D eigenvalue weighted by Gasteiger charge is -2.01. The van der Waals surface area contributed by atoms with Gasteiger partial charge in [-0.15, -0.1) is 0 Å². The van der Waals surface area contributed by atoms with E-state index in [4.69, 9.17) is 0 Å². The van der Waals surface area contributed by atoms with Crippen molar-refractivity contribution in [1.29, 1.82) is 0 Å². The number of rotatable bonds is 1. The van der Waals surface area contributed by atoms with Crippen LogP contribution in [-0.4, -0.2) is 5.66 Å². The van der Waals surface area contributed by atoms with Crippen LogP contribution in [0.3, 0.4) is 0 Å². The van der Waals surface area contributed by atoms with Gasteiger partial charge in [-0.05, 0) is 12.8 Å². The highest BCUT2D eigenvalue weighted by Crippen LogP contribution is 2.25. The van der Waals surface area contributed by atoms with Crippen molar-refractivity contribution in [3.05, 3.63) is 0 Å². The molecular formula is C7H14OP. The summed E-state index contributed by atoms with van der Waals surface area (Å²) < 4.78 is 10.5. The summed E-state index contributed by atoms with van der Waals surface area (Å²) >= 11 is 0. The highest BCUT2D eigenvalue weighted by Gasteiger charge is 2.09. The molecular weight excluding hydrogens is 131 g/mol. The van der Waals surface area contributed by atoms with Crippen molar-refractivity contribution in [2.45, 2.75) is 44.2 Å². The molecule has 1 unspecified atom stereocenters. The van der Waals surface area contributed by atoms with Crippen molar-refractivity contribution in [3.63, 3.8) is 0 Å². The normalized spacial score (nSPS) is 24.0. The maximum Gasteiger partial charge on any atom is 0.0612 e. The van der Waals surface area contributed by atoms with Gasteiger partial charge >= 0.3 is 0 Å². The zero-order valence-corrected chi connectivity index (χ0v) is 6.73. The van der Waals surface area contributed by atoms with Crippen LogP contribution < -0.4 is 0 Å². The second kappa shape index (κ2) is 4.00. The Hall–Kier alpha value is 0.100. The summed E-state index contributed by atoms with van der Waals surface area (Å²) in [7, 11) is -0.0475. The molecule has 0 spiro atoms. The lowest BCUT2D eigenvalue weighted by molar-refractivity contribution is 0.580. The molecule has 0 aromatic rings. The summed E-state index contributed by atoms with van der Waals surface area (Å²) in [5.74, 6) is 0. The van der Waals surface area contributed by atoms with Gasteiger partial charge in [0.25, 0.3) is 0 Å². The number of hydrogen-bond donors (Lipinski definition) is 0. The van der Waals surface area contributed by atoms with Gasteiger partial charge in [0.1, 0.15) is 0 Å². The van der Waals surface area contributed by atoms with Crippen LogP contribution in [0.2, 0.25) is 0 Å². The average molecular weight is 145 g/mol. The lowest BCUT2D eigenvalue weighted by atomic mass is 10.2. The Morgan fingerprint density at radius 3 is 2.00 bits per heavy atom. The van der Waals surface area contributed by atoms with E-state index < -0.39 is 0 Å².